The minimum atomic E-state index is -3.89. The molecule has 186 valence electrons. The first-order valence-corrected chi connectivity index (χ1v) is 12.1. The predicted molar refractivity (Wildman–Crippen MR) is 120 cm³/mol. The lowest BCUT2D eigenvalue weighted by Gasteiger charge is -2.22. The summed E-state index contributed by atoms with van der Waals surface area (Å²) in [7, 11) is -3.89. The van der Waals surface area contributed by atoms with Gasteiger partial charge in [0.1, 0.15) is 6.61 Å². The summed E-state index contributed by atoms with van der Waals surface area (Å²) in [6.07, 6.45) is -0.989. The molecular formula is C22H34NO9P. The quantitative estimate of drug-likeness (QED) is 0.211. The summed E-state index contributed by atoms with van der Waals surface area (Å²) in [5.41, 5.74) is -0.743. The number of carbonyl (C=O) groups is 3. The van der Waals surface area contributed by atoms with Crippen LogP contribution in [0.25, 0.3) is 0 Å². The van der Waals surface area contributed by atoms with E-state index in [1.54, 1.807) is 53.7 Å². The van der Waals surface area contributed by atoms with E-state index in [1.165, 1.54) is 0 Å². The third kappa shape index (κ3) is 11.8. The van der Waals surface area contributed by atoms with E-state index in [1.807, 2.05) is 18.2 Å². The lowest BCUT2D eigenvalue weighted by atomic mass is 9.98. The molecule has 1 aromatic rings. The van der Waals surface area contributed by atoms with Crippen molar-refractivity contribution >= 4 is 25.6 Å². The molecule has 0 fully saturated rings. The van der Waals surface area contributed by atoms with Gasteiger partial charge < -0.3 is 19.5 Å². The Bertz CT molecular complexity index is 793. The van der Waals surface area contributed by atoms with E-state index >= 15 is 0 Å². The monoisotopic (exact) mass is 487 g/mol. The van der Waals surface area contributed by atoms with Gasteiger partial charge in [-0.25, -0.2) is 4.79 Å². The van der Waals surface area contributed by atoms with E-state index in [9.17, 15) is 18.9 Å². The molecule has 0 aromatic heterocycles. The van der Waals surface area contributed by atoms with Crippen LogP contribution in [0.1, 0.15) is 47.1 Å². The molecule has 0 atom stereocenters. The molecule has 0 aliphatic rings. The van der Waals surface area contributed by atoms with Gasteiger partial charge in [0.25, 0.3) is 0 Å². The van der Waals surface area contributed by atoms with Crippen LogP contribution in [0.5, 0.6) is 0 Å². The van der Waals surface area contributed by atoms with Crippen molar-refractivity contribution in [2.75, 3.05) is 26.3 Å². The SMILES string of the molecule is CC(C)(C)C(=O)OCOP(=O)(CCNC(=O)OCc1ccccc1)OCOC(=O)C(C)(C)C. The lowest BCUT2D eigenvalue weighted by Crippen LogP contribution is -2.28. The van der Waals surface area contributed by atoms with Crippen LogP contribution in [0.2, 0.25) is 0 Å². The first kappa shape index (κ1) is 28.6. The first-order chi connectivity index (χ1) is 15.2. The van der Waals surface area contributed by atoms with Gasteiger partial charge >= 0.3 is 25.6 Å². The van der Waals surface area contributed by atoms with Crippen molar-refractivity contribution in [2.45, 2.75) is 48.1 Å². The number of rotatable bonds is 11. The second kappa shape index (κ2) is 12.7. The number of esters is 2. The molecule has 1 aromatic carbocycles. The van der Waals surface area contributed by atoms with Gasteiger partial charge in [-0.3, -0.25) is 23.2 Å². The summed E-state index contributed by atoms with van der Waals surface area (Å²) in [5, 5.41) is 2.45. The van der Waals surface area contributed by atoms with Crippen LogP contribution in [-0.2, 0) is 44.0 Å². The Balaban J connectivity index is 2.58. The first-order valence-electron chi connectivity index (χ1n) is 10.4. The summed E-state index contributed by atoms with van der Waals surface area (Å²) >= 11 is 0. The van der Waals surface area contributed by atoms with Crippen LogP contribution in [-0.4, -0.2) is 44.3 Å². The summed E-state index contributed by atoms with van der Waals surface area (Å²) in [5.74, 6) is -1.12. The molecule has 0 bridgehead atoms. The maximum atomic E-state index is 13.0. The molecule has 10 nitrogen and oxygen atoms in total. The number of carbonyl (C=O) groups excluding carboxylic acids is 3. The average Bonchev–Trinajstić information content (AvgIpc) is 2.71. The van der Waals surface area contributed by atoms with Gasteiger partial charge in [-0.1, -0.05) is 30.3 Å². The number of amides is 1. The predicted octanol–water partition coefficient (Wildman–Crippen LogP) is 4.23. The highest BCUT2D eigenvalue weighted by Gasteiger charge is 2.30. The van der Waals surface area contributed by atoms with Gasteiger partial charge in [0.05, 0.1) is 17.0 Å². The smallest absolute Gasteiger partial charge is 0.407 e. The molecule has 0 aliphatic carbocycles. The van der Waals surface area contributed by atoms with Crippen LogP contribution < -0.4 is 5.32 Å². The molecule has 0 aliphatic heterocycles. The highest BCUT2D eigenvalue weighted by atomic mass is 31.2. The standard InChI is InChI=1S/C22H34NO9P/c1-21(2,3)18(24)29-15-31-33(27,32-16-30-19(25)22(4,5)6)13-12-23-20(26)28-14-17-10-8-7-9-11-17/h7-11H,12-16H2,1-6H3,(H,23,26). The molecule has 1 rings (SSSR count). The van der Waals surface area contributed by atoms with Crippen LogP contribution in [0.4, 0.5) is 4.79 Å². The van der Waals surface area contributed by atoms with Crippen molar-refractivity contribution in [3.05, 3.63) is 35.9 Å². The van der Waals surface area contributed by atoms with Gasteiger partial charge in [0.2, 0.25) is 13.6 Å². The van der Waals surface area contributed by atoms with E-state index in [4.69, 9.17) is 23.3 Å². The summed E-state index contributed by atoms with van der Waals surface area (Å²) in [6.45, 7) is 8.63. The summed E-state index contributed by atoms with van der Waals surface area (Å²) in [4.78, 5) is 35.6. The van der Waals surface area contributed by atoms with E-state index in [0.717, 1.165) is 5.56 Å². The number of alkyl carbamates (subject to hydrolysis) is 1. The van der Waals surface area contributed by atoms with Crippen molar-refractivity contribution < 1.29 is 42.2 Å². The van der Waals surface area contributed by atoms with Gasteiger partial charge in [0, 0.05) is 6.54 Å². The maximum Gasteiger partial charge on any atom is 0.407 e. The van der Waals surface area contributed by atoms with Crippen molar-refractivity contribution in [3.63, 3.8) is 0 Å². The molecule has 33 heavy (non-hydrogen) atoms. The summed E-state index contributed by atoms with van der Waals surface area (Å²) < 4.78 is 38.4. The van der Waals surface area contributed by atoms with Crippen LogP contribution in [0.15, 0.2) is 30.3 Å². The van der Waals surface area contributed by atoms with E-state index in [2.05, 4.69) is 5.32 Å². The third-order valence-corrected chi connectivity index (χ3v) is 5.74. The second-order valence-corrected chi connectivity index (χ2v) is 11.4. The maximum absolute atomic E-state index is 13.0. The van der Waals surface area contributed by atoms with Crippen molar-refractivity contribution in [3.8, 4) is 0 Å². The molecule has 0 heterocycles. The third-order valence-electron chi connectivity index (χ3n) is 3.97. The fourth-order valence-electron chi connectivity index (χ4n) is 1.99. The van der Waals surface area contributed by atoms with Crippen LogP contribution in [0, 0.1) is 10.8 Å². The summed E-state index contributed by atoms with van der Waals surface area (Å²) in [6, 6.07) is 9.10. The average molecular weight is 487 g/mol. The molecule has 0 saturated heterocycles. The molecule has 0 radical (unpaired) electrons. The number of ether oxygens (including phenoxy) is 3. The molecule has 1 amide bonds. The van der Waals surface area contributed by atoms with E-state index < -0.39 is 50.0 Å². The topological polar surface area (TPSA) is 126 Å². The molecule has 1 N–H and O–H groups in total. The van der Waals surface area contributed by atoms with Gasteiger partial charge in [-0.15, -0.1) is 0 Å². The Morgan fingerprint density at radius 2 is 1.30 bits per heavy atom. The number of benzene rings is 1. The number of nitrogens with one attached hydrogen (secondary N) is 1. The largest absolute Gasteiger partial charge is 0.445 e. The Kier molecular flexibility index (Phi) is 11.0. The molecule has 0 spiro atoms. The van der Waals surface area contributed by atoms with Crippen LogP contribution in [0.3, 0.4) is 0 Å². The molecule has 0 saturated carbocycles. The van der Waals surface area contributed by atoms with Crippen molar-refractivity contribution in [1.29, 1.82) is 0 Å². The Hall–Kier alpha value is -2.42. The van der Waals surface area contributed by atoms with Gasteiger partial charge in [-0.2, -0.15) is 0 Å². The van der Waals surface area contributed by atoms with E-state index in [0.29, 0.717) is 0 Å². The minimum absolute atomic E-state index is 0.0723. The Morgan fingerprint density at radius 3 is 1.76 bits per heavy atom. The van der Waals surface area contributed by atoms with Crippen molar-refractivity contribution in [2.24, 2.45) is 10.8 Å². The van der Waals surface area contributed by atoms with Gasteiger partial charge in [0.15, 0.2) is 0 Å². The lowest BCUT2D eigenvalue weighted by molar-refractivity contribution is -0.162. The van der Waals surface area contributed by atoms with Crippen molar-refractivity contribution in [1.82, 2.24) is 5.32 Å². The molecule has 0 unspecified atom stereocenters. The zero-order chi connectivity index (χ0) is 25.1. The molecule has 11 heteroatoms. The fraction of sp³-hybridized carbons (Fsp3) is 0.591. The normalized spacial score (nSPS) is 12.1. The Morgan fingerprint density at radius 1 is 0.818 bits per heavy atom. The number of hydrogen-bond donors (Lipinski definition) is 1. The molecular weight excluding hydrogens is 453 g/mol. The highest BCUT2D eigenvalue weighted by Crippen LogP contribution is 2.47. The number of hydrogen-bond acceptors (Lipinski definition) is 9. The zero-order valence-corrected chi connectivity index (χ0v) is 20.9. The van der Waals surface area contributed by atoms with Crippen LogP contribution >= 0.6 is 7.60 Å². The second-order valence-electron chi connectivity index (χ2n) is 9.18. The zero-order valence-electron chi connectivity index (χ0n) is 20.0. The Labute approximate surface area is 194 Å². The van der Waals surface area contributed by atoms with E-state index in [-0.39, 0.29) is 19.3 Å². The highest BCUT2D eigenvalue weighted by molar-refractivity contribution is 7.53. The minimum Gasteiger partial charge on any atom is -0.445 e. The fourth-order valence-corrected chi connectivity index (χ4v) is 3.13. The van der Waals surface area contributed by atoms with Gasteiger partial charge in [-0.05, 0) is 47.1 Å².